The van der Waals surface area contributed by atoms with Crippen LogP contribution < -0.4 is 0 Å². The fraction of sp³-hybridized carbons (Fsp3) is 0.467. The predicted octanol–water partition coefficient (Wildman–Crippen LogP) is 0.655. The van der Waals surface area contributed by atoms with Gasteiger partial charge in [-0.05, 0) is 29.1 Å². The molecule has 7 nitrogen and oxygen atoms in total. The number of hydrogen-bond acceptors (Lipinski definition) is 5. The molecule has 0 atom stereocenters. The summed E-state index contributed by atoms with van der Waals surface area (Å²) in [5.41, 5.74) is 1.54. The van der Waals surface area contributed by atoms with Gasteiger partial charge in [0.2, 0.25) is 0 Å². The number of carbonyl (C=O) groups is 1. The first-order valence-electron chi connectivity index (χ1n) is 7.53. The minimum atomic E-state index is 0.0766. The molecule has 2 aromatic rings. The highest BCUT2D eigenvalue weighted by Crippen LogP contribution is 2.18. The summed E-state index contributed by atoms with van der Waals surface area (Å²) in [7, 11) is 1.79. The van der Waals surface area contributed by atoms with E-state index in [9.17, 15) is 4.79 Å². The second-order valence-corrected chi connectivity index (χ2v) is 5.43. The van der Waals surface area contributed by atoms with Crippen molar-refractivity contribution < 1.29 is 4.79 Å². The number of aromatic nitrogens is 4. The van der Waals surface area contributed by atoms with Gasteiger partial charge < -0.3 is 9.80 Å². The molecule has 7 heteroatoms. The van der Waals surface area contributed by atoms with Gasteiger partial charge in [0.1, 0.15) is 0 Å². The second kappa shape index (κ2) is 6.23. The molecule has 1 aliphatic heterocycles. The summed E-state index contributed by atoms with van der Waals surface area (Å²) in [4.78, 5) is 16.9. The highest BCUT2D eigenvalue weighted by molar-refractivity contribution is 5.95. The number of nitrogens with zero attached hydrogens (tertiary/aromatic N) is 6. The Labute approximate surface area is 129 Å². The van der Waals surface area contributed by atoms with Crippen LogP contribution in [0.4, 0.5) is 0 Å². The van der Waals surface area contributed by atoms with Crippen LogP contribution in [0, 0.1) is 0 Å². The van der Waals surface area contributed by atoms with Crippen LogP contribution in [0.3, 0.4) is 0 Å². The number of piperazine rings is 1. The smallest absolute Gasteiger partial charge is 0.253 e. The van der Waals surface area contributed by atoms with E-state index in [2.05, 4.69) is 27.3 Å². The summed E-state index contributed by atoms with van der Waals surface area (Å²) >= 11 is 0. The summed E-state index contributed by atoms with van der Waals surface area (Å²) in [6.45, 7) is 6.63. The van der Waals surface area contributed by atoms with Gasteiger partial charge in [-0.1, -0.05) is 19.1 Å². The average molecular weight is 300 g/mol. The molecule has 22 heavy (non-hydrogen) atoms. The largest absolute Gasteiger partial charge is 0.336 e. The molecular formula is C15H20N6O. The van der Waals surface area contributed by atoms with Crippen molar-refractivity contribution in [2.75, 3.05) is 32.7 Å². The number of hydrogen-bond donors (Lipinski definition) is 0. The average Bonchev–Trinajstić information content (AvgIpc) is 3.00. The Bertz CT molecular complexity index is 660. The van der Waals surface area contributed by atoms with E-state index < -0.39 is 0 Å². The van der Waals surface area contributed by atoms with Gasteiger partial charge in [-0.3, -0.25) is 4.79 Å². The Kier molecular flexibility index (Phi) is 4.15. The molecule has 0 spiro atoms. The summed E-state index contributed by atoms with van der Waals surface area (Å²) in [6, 6.07) is 7.50. The third-order valence-corrected chi connectivity index (χ3v) is 4.09. The molecule has 0 bridgehead atoms. The fourth-order valence-corrected chi connectivity index (χ4v) is 2.72. The minimum Gasteiger partial charge on any atom is -0.336 e. The normalized spacial score (nSPS) is 16.0. The van der Waals surface area contributed by atoms with E-state index in [1.807, 2.05) is 29.2 Å². The Morgan fingerprint density at radius 1 is 1.23 bits per heavy atom. The lowest BCUT2D eigenvalue weighted by molar-refractivity contribution is 0.0643. The van der Waals surface area contributed by atoms with Gasteiger partial charge >= 0.3 is 0 Å². The van der Waals surface area contributed by atoms with Crippen LogP contribution in [0.5, 0.6) is 0 Å². The minimum absolute atomic E-state index is 0.0766. The Morgan fingerprint density at radius 3 is 2.64 bits per heavy atom. The topological polar surface area (TPSA) is 67.2 Å². The maximum atomic E-state index is 12.7. The first-order chi connectivity index (χ1) is 10.7. The van der Waals surface area contributed by atoms with Crippen LogP contribution in [-0.2, 0) is 7.05 Å². The van der Waals surface area contributed by atoms with Gasteiger partial charge in [-0.25, -0.2) is 4.68 Å². The standard InChI is InChI=1S/C15H20N6O/c1-3-20-7-9-21(10-8-20)15(22)13-6-4-5-12(11-13)14-16-17-18-19(14)2/h4-6,11H,3,7-10H2,1-2H3. The molecule has 2 heterocycles. The second-order valence-electron chi connectivity index (χ2n) is 5.43. The van der Waals surface area contributed by atoms with Crippen LogP contribution in [-0.4, -0.2) is 68.6 Å². The van der Waals surface area contributed by atoms with E-state index in [1.165, 1.54) is 0 Å². The Hall–Kier alpha value is -2.28. The maximum absolute atomic E-state index is 12.7. The van der Waals surface area contributed by atoms with Crippen molar-refractivity contribution in [3.05, 3.63) is 29.8 Å². The lowest BCUT2D eigenvalue weighted by atomic mass is 10.1. The Balaban J connectivity index is 1.78. The molecule has 3 rings (SSSR count). The number of amides is 1. The third kappa shape index (κ3) is 2.85. The molecule has 1 aromatic carbocycles. The zero-order valence-corrected chi connectivity index (χ0v) is 12.9. The Morgan fingerprint density at radius 2 is 2.00 bits per heavy atom. The summed E-state index contributed by atoms with van der Waals surface area (Å²) in [6.07, 6.45) is 0. The van der Waals surface area contributed by atoms with Gasteiger partial charge in [-0.2, -0.15) is 0 Å². The van der Waals surface area contributed by atoms with E-state index >= 15 is 0 Å². The molecule has 1 amide bonds. The van der Waals surface area contributed by atoms with Crippen LogP contribution in [0.2, 0.25) is 0 Å². The summed E-state index contributed by atoms with van der Waals surface area (Å²) < 4.78 is 1.60. The van der Waals surface area contributed by atoms with Gasteiger partial charge in [0.25, 0.3) is 5.91 Å². The molecule has 1 aromatic heterocycles. The number of aryl methyl sites for hydroxylation is 1. The monoisotopic (exact) mass is 300 g/mol. The van der Waals surface area contributed by atoms with E-state index in [4.69, 9.17) is 0 Å². The number of tetrazole rings is 1. The highest BCUT2D eigenvalue weighted by atomic mass is 16.2. The van der Waals surface area contributed by atoms with Crippen molar-refractivity contribution in [2.45, 2.75) is 6.92 Å². The molecule has 1 saturated heterocycles. The molecule has 1 fully saturated rings. The van der Waals surface area contributed by atoms with Crippen LogP contribution in [0.25, 0.3) is 11.4 Å². The van der Waals surface area contributed by atoms with Crippen molar-refractivity contribution in [2.24, 2.45) is 7.05 Å². The molecule has 0 N–H and O–H groups in total. The molecule has 1 aliphatic rings. The highest BCUT2D eigenvalue weighted by Gasteiger charge is 2.21. The SMILES string of the molecule is CCN1CCN(C(=O)c2cccc(-c3nnnn3C)c2)CC1. The van der Waals surface area contributed by atoms with Crippen molar-refractivity contribution in [3.63, 3.8) is 0 Å². The molecular weight excluding hydrogens is 280 g/mol. The number of carbonyl (C=O) groups excluding carboxylic acids is 1. The lowest BCUT2D eigenvalue weighted by Gasteiger charge is -2.34. The zero-order chi connectivity index (χ0) is 15.5. The predicted molar refractivity (Wildman–Crippen MR) is 82.3 cm³/mol. The van der Waals surface area contributed by atoms with Crippen LogP contribution in [0.15, 0.2) is 24.3 Å². The summed E-state index contributed by atoms with van der Waals surface area (Å²) in [5.74, 6) is 0.734. The van der Waals surface area contributed by atoms with Gasteiger partial charge in [0.15, 0.2) is 5.82 Å². The van der Waals surface area contributed by atoms with E-state index in [1.54, 1.807) is 11.7 Å². The van der Waals surface area contributed by atoms with E-state index in [0.717, 1.165) is 38.3 Å². The fourth-order valence-electron chi connectivity index (χ4n) is 2.72. The summed E-state index contributed by atoms with van der Waals surface area (Å²) in [5, 5.41) is 11.5. The zero-order valence-electron chi connectivity index (χ0n) is 12.9. The van der Waals surface area contributed by atoms with Crippen molar-refractivity contribution in [1.82, 2.24) is 30.0 Å². The van der Waals surface area contributed by atoms with E-state index in [-0.39, 0.29) is 5.91 Å². The van der Waals surface area contributed by atoms with Gasteiger partial charge in [0.05, 0.1) is 0 Å². The quantitative estimate of drug-likeness (QED) is 0.833. The lowest BCUT2D eigenvalue weighted by Crippen LogP contribution is -2.48. The van der Waals surface area contributed by atoms with E-state index in [0.29, 0.717) is 11.4 Å². The third-order valence-electron chi connectivity index (χ3n) is 4.09. The van der Waals surface area contributed by atoms with Crippen molar-refractivity contribution >= 4 is 5.91 Å². The molecule has 0 saturated carbocycles. The molecule has 116 valence electrons. The van der Waals surface area contributed by atoms with Gasteiger partial charge in [0, 0.05) is 44.4 Å². The molecule has 0 radical (unpaired) electrons. The molecule has 0 unspecified atom stereocenters. The first-order valence-corrected chi connectivity index (χ1v) is 7.53. The molecule has 0 aliphatic carbocycles. The van der Waals surface area contributed by atoms with Crippen LogP contribution in [0.1, 0.15) is 17.3 Å². The van der Waals surface area contributed by atoms with Gasteiger partial charge in [-0.15, -0.1) is 5.10 Å². The van der Waals surface area contributed by atoms with Crippen molar-refractivity contribution in [1.29, 1.82) is 0 Å². The first kappa shape index (κ1) is 14.6. The number of likely N-dealkylation sites (N-methyl/N-ethyl adjacent to an activating group) is 1. The van der Waals surface area contributed by atoms with Crippen molar-refractivity contribution in [3.8, 4) is 11.4 Å². The number of benzene rings is 1. The van der Waals surface area contributed by atoms with Crippen LogP contribution >= 0.6 is 0 Å². The number of rotatable bonds is 3. The maximum Gasteiger partial charge on any atom is 0.253 e.